The van der Waals surface area contributed by atoms with Gasteiger partial charge in [0.05, 0.1) is 12.6 Å². The predicted octanol–water partition coefficient (Wildman–Crippen LogP) is 0.310. The SMILES string of the molecule is Cc1nc(C)n(C2CCC(N)(CO)C2)n1. The van der Waals surface area contributed by atoms with Gasteiger partial charge >= 0.3 is 0 Å². The molecule has 3 N–H and O–H groups in total. The van der Waals surface area contributed by atoms with Gasteiger partial charge in [0.2, 0.25) is 0 Å². The van der Waals surface area contributed by atoms with Crippen LogP contribution in [0.4, 0.5) is 0 Å². The highest BCUT2D eigenvalue weighted by atomic mass is 16.3. The van der Waals surface area contributed by atoms with Crippen LogP contribution in [0.25, 0.3) is 0 Å². The van der Waals surface area contributed by atoms with Crippen LogP contribution in [0.1, 0.15) is 37.0 Å². The molecule has 5 nitrogen and oxygen atoms in total. The highest BCUT2D eigenvalue weighted by Crippen LogP contribution is 2.35. The van der Waals surface area contributed by atoms with E-state index in [1.807, 2.05) is 18.5 Å². The Morgan fingerprint density at radius 3 is 2.80 bits per heavy atom. The van der Waals surface area contributed by atoms with Crippen molar-refractivity contribution in [3.63, 3.8) is 0 Å². The molecule has 0 amide bonds. The minimum Gasteiger partial charge on any atom is -0.394 e. The summed E-state index contributed by atoms with van der Waals surface area (Å²) in [6.45, 7) is 3.89. The lowest BCUT2D eigenvalue weighted by Crippen LogP contribution is -2.40. The van der Waals surface area contributed by atoms with Gasteiger partial charge in [-0.3, -0.25) is 0 Å². The van der Waals surface area contributed by atoms with Gasteiger partial charge in [-0.25, -0.2) is 9.67 Å². The van der Waals surface area contributed by atoms with E-state index in [0.29, 0.717) is 6.04 Å². The van der Waals surface area contributed by atoms with E-state index in [2.05, 4.69) is 10.1 Å². The van der Waals surface area contributed by atoms with Gasteiger partial charge in [0.1, 0.15) is 11.6 Å². The maximum Gasteiger partial charge on any atom is 0.147 e. The minimum absolute atomic E-state index is 0.0518. The predicted molar refractivity (Wildman–Crippen MR) is 56.4 cm³/mol. The Kier molecular flexibility index (Phi) is 2.52. The molecule has 1 aromatic heterocycles. The fourth-order valence-corrected chi connectivity index (χ4v) is 2.36. The number of nitrogens with zero attached hydrogens (tertiary/aromatic N) is 3. The van der Waals surface area contributed by atoms with Gasteiger partial charge in [0.15, 0.2) is 0 Å². The second kappa shape index (κ2) is 3.57. The van der Waals surface area contributed by atoms with Crippen molar-refractivity contribution in [2.24, 2.45) is 5.73 Å². The van der Waals surface area contributed by atoms with Gasteiger partial charge in [-0.2, -0.15) is 5.10 Å². The number of hydrogen-bond donors (Lipinski definition) is 2. The number of nitrogens with two attached hydrogens (primary N) is 1. The van der Waals surface area contributed by atoms with Crippen LogP contribution in [0.3, 0.4) is 0 Å². The molecule has 2 unspecified atom stereocenters. The summed E-state index contributed by atoms with van der Waals surface area (Å²) in [5, 5.41) is 13.6. The van der Waals surface area contributed by atoms with Crippen molar-refractivity contribution in [2.45, 2.75) is 44.7 Å². The molecule has 0 aromatic carbocycles. The van der Waals surface area contributed by atoms with Crippen molar-refractivity contribution in [3.8, 4) is 0 Å². The fraction of sp³-hybridized carbons (Fsp3) is 0.800. The second-order valence-electron chi connectivity index (χ2n) is 4.57. The number of aliphatic hydroxyl groups is 1. The molecule has 0 aliphatic heterocycles. The van der Waals surface area contributed by atoms with Gasteiger partial charge in [-0.15, -0.1) is 0 Å². The molecule has 2 rings (SSSR count). The molecular weight excluding hydrogens is 192 g/mol. The first-order chi connectivity index (χ1) is 7.04. The average Bonchev–Trinajstić information content (AvgIpc) is 2.71. The van der Waals surface area contributed by atoms with Crippen molar-refractivity contribution in [3.05, 3.63) is 11.6 Å². The summed E-state index contributed by atoms with van der Waals surface area (Å²) in [4.78, 5) is 4.28. The first-order valence-corrected chi connectivity index (χ1v) is 5.33. The summed E-state index contributed by atoms with van der Waals surface area (Å²) in [6, 6.07) is 0.295. The monoisotopic (exact) mass is 210 g/mol. The number of aromatic nitrogens is 3. The van der Waals surface area contributed by atoms with Gasteiger partial charge in [-0.1, -0.05) is 0 Å². The third kappa shape index (κ3) is 1.89. The van der Waals surface area contributed by atoms with Crippen LogP contribution in [0.5, 0.6) is 0 Å². The van der Waals surface area contributed by atoms with Crippen LogP contribution in [0.2, 0.25) is 0 Å². The lowest BCUT2D eigenvalue weighted by Gasteiger charge is -2.20. The molecular formula is C10H18N4O. The van der Waals surface area contributed by atoms with Crippen molar-refractivity contribution in [1.82, 2.24) is 14.8 Å². The highest BCUT2D eigenvalue weighted by Gasteiger charge is 2.37. The minimum atomic E-state index is -0.420. The van der Waals surface area contributed by atoms with Gasteiger partial charge < -0.3 is 10.8 Å². The Bertz CT molecular complexity index is 362. The van der Waals surface area contributed by atoms with E-state index < -0.39 is 5.54 Å². The molecule has 1 aliphatic carbocycles. The Labute approximate surface area is 89.3 Å². The summed E-state index contributed by atoms with van der Waals surface area (Å²) in [5.74, 6) is 1.73. The van der Waals surface area contributed by atoms with E-state index in [1.165, 1.54) is 0 Å². The Morgan fingerprint density at radius 1 is 1.60 bits per heavy atom. The summed E-state index contributed by atoms with van der Waals surface area (Å²) >= 11 is 0. The first-order valence-electron chi connectivity index (χ1n) is 5.33. The smallest absolute Gasteiger partial charge is 0.147 e. The number of rotatable bonds is 2. The summed E-state index contributed by atoms with van der Waals surface area (Å²) in [5.41, 5.74) is 5.61. The van der Waals surface area contributed by atoms with E-state index in [0.717, 1.165) is 30.9 Å². The number of aryl methyl sites for hydroxylation is 2. The van der Waals surface area contributed by atoms with E-state index in [9.17, 15) is 5.11 Å². The summed E-state index contributed by atoms with van der Waals surface area (Å²) in [6.07, 6.45) is 2.61. The van der Waals surface area contributed by atoms with Crippen LogP contribution in [0.15, 0.2) is 0 Å². The molecule has 84 valence electrons. The van der Waals surface area contributed by atoms with Crippen LogP contribution >= 0.6 is 0 Å². The molecule has 0 spiro atoms. The summed E-state index contributed by atoms with van der Waals surface area (Å²) < 4.78 is 1.94. The molecule has 2 atom stereocenters. The Hall–Kier alpha value is -0.940. The zero-order valence-corrected chi connectivity index (χ0v) is 9.27. The topological polar surface area (TPSA) is 77.0 Å². The average molecular weight is 210 g/mol. The number of aliphatic hydroxyl groups excluding tert-OH is 1. The third-order valence-electron chi connectivity index (χ3n) is 3.19. The van der Waals surface area contributed by atoms with Gasteiger partial charge in [0, 0.05) is 5.54 Å². The molecule has 1 fully saturated rings. The van der Waals surface area contributed by atoms with E-state index in [1.54, 1.807) is 0 Å². The molecule has 1 aliphatic rings. The normalized spacial score (nSPS) is 31.1. The standard InChI is InChI=1S/C10H18N4O/c1-7-12-8(2)14(13-7)9-3-4-10(11,5-9)6-15/h9,15H,3-6,11H2,1-2H3. The first kappa shape index (κ1) is 10.6. The van der Waals surface area contributed by atoms with E-state index >= 15 is 0 Å². The Balaban J connectivity index is 2.17. The molecule has 5 heteroatoms. The van der Waals surface area contributed by atoms with Crippen molar-refractivity contribution in [2.75, 3.05) is 6.61 Å². The molecule has 1 heterocycles. The molecule has 0 bridgehead atoms. The van der Waals surface area contributed by atoms with Crippen LogP contribution in [-0.2, 0) is 0 Å². The molecule has 1 aromatic rings. The molecule has 1 saturated carbocycles. The van der Waals surface area contributed by atoms with Gasteiger partial charge in [0.25, 0.3) is 0 Å². The number of hydrogen-bond acceptors (Lipinski definition) is 4. The quantitative estimate of drug-likeness (QED) is 0.736. The molecule has 15 heavy (non-hydrogen) atoms. The highest BCUT2D eigenvalue weighted by molar-refractivity contribution is 4.99. The summed E-state index contributed by atoms with van der Waals surface area (Å²) in [7, 11) is 0. The van der Waals surface area contributed by atoms with Crippen molar-refractivity contribution < 1.29 is 5.11 Å². The second-order valence-corrected chi connectivity index (χ2v) is 4.57. The van der Waals surface area contributed by atoms with E-state index in [-0.39, 0.29) is 6.61 Å². The maximum atomic E-state index is 9.19. The molecule has 0 saturated heterocycles. The Morgan fingerprint density at radius 2 is 2.33 bits per heavy atom. The zero-order chi connectivity index (χ0) is 11.1. The van der Waals surface area contributed by atoms with Crippen LogP contribution in [0, 0.1) is 13.8 Å². The third-order valence-corrected chi connectivity index (χ3v) is 3.19. The largest absolute Gasteiger partial charge is 0.394 e. The fourth-order valence-electron chi connectivity index (χ4n) is 2.36. The van der Waals surface area contributed by atoms with E-state index in [4.69, 9.17) is 5.73 Å². The lowest BCUT2D eigenvalue weighted by atomic mass is 10.0. The van der Waals surface area contributed by atoms with Crippen LogP contribution < -0.4 is 5.73 Å². The lowest BCUT2D eigenvalue weighted by molar-refractivity contribution is 0.195. The molecule has 0 radical (unpaired) electrons. The van der Waals surface area contributed by atoms with Gasteiger partial charge in [-0.05, 0) is 33.1 Å². The van der Waals surface area contributed by atoms with Crippen molar-refractivity contribution >= 4 is 0 Å². The van der Waals surface area contributed by atoms with Crippen molar-refractivity contribution in [1.29, 1.82) is 0 Å². The zero-order valence-electron chi connectivity index (χ0n) is 9.27. The maximum absolute atomic E-state index is 9.19. The van der Waals surface area contributed by atoms with Crippen LogP contribution in [-0.4, -0.2) is 32.0 Å².